The smallest absolute Gasteiger partial charge is 0.270 e. The number of carbonyl (C=O) groups excluding carboxylic acids is 2. The van der Waals surface area contributed by atoms with Crippen molar-refractivity contribution in [3.63, 3.8) is 0 Å². The van der Waals surface area contributed by atoms with Gasteiger partial charge in [0.1, 0.15) is 5.69 Å². The van der Waals surface area contributed by atoms with Crippen molar-refractivity contribution in [2.75, 3.05) is 5.32 Å². The Hall–Kier alpha value is -3.18. The third-order valence-electron chi connectivity index (χ3n) is 4.47. The lowest BCUT2D eigenvalue weighted by atomic mass is 10.1. The fraction of sp³-hybridized carbons (Fsp3) is 0.136. The SMILES string of the molecule is Cc1ccccc1CNC(=O)c1cc(C(=O)Nc2cccc(Cl)c2C)ccn1. The number of aryl methyl sites for hydroxylation is 1. The second kappa shape index (κ2) is 8.67. The molecule has 0 atom stereocenters. The molecule has 0 spiro atoms. The average molecular weight is 394 g/mol. The molecule has 0 saturated heterocycles. The number of pyridine rings is 1. The van der Waals surface area contributed by atoms with Gasteiger partial charge in [0.15, 0.2) is 0 Å². The van der Waals surface area contributed by atoms with Gasteiger partial charge in [-0.2, -0.15) is 0 Å². The van der Waals surface area contributed by atoms with Crippen LogP contribution in [0, 0.1) is 13.8 Å². The van der Waals surface area contributed by atoms with Crippen LogP contribution in [0.2, 0.25) is 5.02 Å². The van der Waals surface area contributed by atoms with Crippen molar-refractivity contribution in [1.82, 2.24) is 10.3 Å². The normalized spacial score (nSPS) is 10.4. The molecule has 3 aromatic rings. The van der Waals surface area contributed by atoms with E-state index in [2.05, 4.69) is 15.6 Å². The molecule has 0 aliphatic heterocycles. The Kier molecular flexibility index (Phi) is 6.06. The van der Waals surface area contributed by atoms with E-state index >= 15 is 0 Å². The van der Waals surface area contributed by atoms with Crippen molar-refractivity contribution in [2.45, 2.75) is 20.4 Å². The van der Waals surface area contributed by atoms with Gasteiger partial charge in [0.25, 0.3) is 11.8 Å². The van der Waals surface area contributed by atoms with Crippen LogP contribution in [0.1, 0.15) is 37.5 Å². The molecule has 0 aliphatic carbocycles. The number of halogens is 1. The highest BCUT2D eigenvalue weighted by Gasteiger charge is 2.13. The topological polar surface area (TPSA) is 71.1 Å². The van der Waals surface area contributed by atoms with Crippen LogP contribution in [0.25, 0.3) is 0 Å². The van der Waals surface area contributed by atoms with Gasteiger partial charge in [0.05, 0.1) is 0 Å². The van der Waals surface area contributed by atoms with Crippen LogP contribution in [0.3, 0.4) is 0 Å². The van der Waals surface area contributed by atoms with Crippen LogP contribution in [-0.4, -0.2) is 16.8 Å². The van der Waals surface area contributed by atoms with Gasteiger partial charge in [-0.15, -0.1) is 0 Å². The summed E-state index contributed by atoms with van der Waals surface area (Å²) in [5.74, 6) is -0.669. The molecule has 2 N–H and O–H groups in total. The summed E-state index contributed by atoms with van der Waals surface area (Å²) in [4.78, 5) is 29.1. The summed E-state index contributed by atoms with van der Waals surface area (Å²) in [6.07, 6.45) is 1.45. The highest BCUT2D eigenvalue weighted by molar-refractivity contribution is 6.31. The first-order chi connectivity index (χ1) is 13.5. The summed E-state index contributed by atoms with van der Waals surface area (Å²) >= 11 is 6.09. The van der Waals surface area contributed by atoms with Crippen LogP contribution < -0.4 is 10.6 Å². The standard InChI is InChI=1S/C22H20ClN3O2/c1-14-6-3-4-7-17(14)13-25-22(28)20-12-16(10-11-24-20)21(27)26-19-9-5-8-18(23)15(19)2/h3-12H,13H2,1-2H3,(H,25,28)(H,26,27). The lowest BCUT2D eigenvalue weighted by molar-refractivity contribution is 0.0946. The highest BCUT2D eigenvalue weighted by Crippen LogP contribution is 2.23. The number of amides is 2. The second-order valence-electron chi connectivity index (χ2n) is 6.41. The first kappa shape index (κ1) is 19.6. The summed E-state index contributed by atoms with van der Waals surface area (Å²) in [7, 11) is 0. The molecule has 0 unspecified atom stereocenters. The van der Waals surface area contributed by atoms with Gasteiger partial charge in [-0.3, -0.25) is 14.6 Å². The van der Waals surface area contributed by atoms with E-state index in [-0.39, 0.29) is 17.5 Å². The minimum atomic E-state index is -0.336. The molecular weight excluding hydrogens is 374 g/mol. The number of nitrogens with zero attached hydrogens (tertiary/aromatic N) is 1. The van der Waals surface area contributed by atoms with Crippen molar-refractivity contribution in [1.29, 1.82) is 0 Å². The fourth-order valence-electron chi connectivity index (χ4n) is 2.71. The maximum absolute atomic E-state index is 12.6. The molecule has 1 heterocycles. The summed E-state index contributed by atoms with van der Waals surface area (Å²) in [6, 6.07) is 16.2. The Morgan fingerprint density at radius 3 is 2.57 bits per heavy atom. The molecule has 2 amide bonds. The van der Waals surface area contributed by atoms with Gasteiger partial charge in [0, 0.05) is 29.0 Å². The van der Waals surface area contributed by atoms with E-state index in [0.29, 0.717) is 22.8 Å². The summed E-state index contributed by atoms with van der Waals surface area (Å²) in [5.41, 5.74) is 4.06. The van der Waals surface area contributed by atoms with Gasteiger partial charge >= 0.3 is 0 Å². The Morgan fingerprint density at radius 2 is 1.79 bits per heavy atom. The maximum atomic E-state index is 12.6. The zero-order valence-corrected chi connectivity index (χ0v) is 16.4. The van der Waals surface area contributed by atoms with Crippen LogP contribution in [0.4, 0.5) is 5.69 Å². The number of carbonyl (C=O) groups is 2. The van der Waals surface area contributed by atoms with E-state index in [9.17, 15) is 9.59 Å². The number of hydrogen-bond acceptors (Lipinski definition) is 3. The molecule has 0 bridgehead atoms. The maximum Gasteiger partial charge on any atom is 0.270 e. The van der Waals surface area contributed by atoms with Crippen LogP contribution in [-0.2, 0) is 6.54 Å². The number of aromatic nitrogens is 1. The third kappa shape index (κ3) is 4.56. The van der Waals surface area contributed by atoms with Gasteiger partial charge in [-0.25, -0.2) is 0 Å². The minimum absolute atomic E-state index is 0.184. The molecule has 0 saturated carbocycles. The predicted molar refractivity (Wildman–Crippen MR) is 111 cm³/mol. The number of rotatable bonds is 5. The average Bonchev–Trinajstić information content (AvgIpc) is 2.70. The van der Waals surface area contributed by atoms with E-state index in [1.807, 2.05) is 38.1 Å². The lowest BCUT2D eigenvalue weighted by Gasteiger charge is -2.10. The van der Waals surface area contributed by atoms with E-state index in [0.717, 1.165) is 16.7 Å². The van der Waals surface area contributed by atoms with Crippen molar-refractivity contribution in [3.05, 3.63) is 93.8 Å². The molecular formula is C22H20ClN3O2. The van der Waals surface area contributed by atoms with E-state index in [1.54, 1.807) is 24.3 Å². The predicted octanol–water partition coefficient (Wildman–Crippen LogP) is 4.53. The fourth-order valence-corrected chi connectivity index (χ4v) is 2.88. The number of nitrogens with one attached hydrogen (secondary N) is 2. The summed E-state index contributed by atoms with van der Waals surface area (Å²) in [5, 5.41) is 6.23. The Labute approximate surface area is 168 Å². The number of benzene rings is 2. The van der Waals surface area contributed by atoms with E-state index in [4.69, 9.17) is 11.6 Å². The first-order valence-electron chi connectivity index (χ1n) is 8.81. The molecule has 1 aromatic heterocycles. The molecule has 6 heteroatoms. The summed E-state index contributed by atoms with van der Waals surface area (Å²) < 4.78 is 0. The second-order valence-corrected chi connectivity index (χ2v) is 6.81. The summed E-state index contributed by atoms with van der Waals surface area (Å²) in [6.45, 7) is 4.21. The van der Waals surface area contributed by atoms with Crippen molar-refractivity contribution >= 4 is 29.1 Å². The van der Waals surface area contributed by atoms with Crippen molar-refractivity contribution in [3.8, 4) is 0 Å². The van der Waals surface area contributed by atoms with Gasteiger partial charge < -0.3 is 10.6 Å². The zero-order valence-electron chi connectivity index (χ0n) is 15.6. The van der Waals surface area contributed by atoms with E-state index in [1.165, 1.54) is 12.3 Å². The van der Waals surface area contributed by atoms with Gasteiger partial charge in [-0.1, -0.05) is 41.9 Å². The molecule has 2 aromatic carbocycles. The molecule has 142 valence electrons. The molecule has 3 rings (SSSR count). The van der Waals surface area contributed by atoms with Gasteiger partial charge in [-0.05, 0) is 54.8 Å². The van der Waals surface area contributed by atoms with Crippen LogP contribution in [0.15, 0.2) is 60.8 Å². The monoisotopic (exact) mass is 393 g/mol. The Morgan fingerprint density at radius 1 is 1.00 bits per heavy atom. The van der Waals surface area contributed by atoms with Crippen molar-refractivity contribution in [2.24, 2.45) is 0 Å². The van der Waals surface area contributed by atoms with Crippen LogP contribution >= 0.6 is 11.6 Å². The third-order valence-corrected chi connectivity index (χ3v) is 4.88. The zero-order chi connectivity index (χ0) is 20.1. The Bertz CT molecular complexity index is 1030. The molecule has 5 nitrogen and oxygen atoms in total. The molecule has 0 radical (unpaired) electrons. The largest absolute Gasteiger partial charge is 0.347 e. The molecule has 0 fully saturated rings. The van der Waals surface area contributed by atoms with Crippen molar-refractivity contribution < 1.29 is 9.59 Å². The lowest BCUT2D eigenvalue weighted by Crippen LogP contribution is -2.24. The van der Waals surface area contributed by atoms with Gasteiger partial charge in [0.2, 0.25) is 0 Å². The quantitative estimate of drug-likeness (QED) is 0.668. The molecule has 0 aliphatic rings. The highest BCUT2D eigenvalue weighted by atomic mass is 35.5. The number of hydrogen-bond donors (Lipinski definition) is 2. The Balaban J connectivity index is 1.70. The van der Waals surface area contributed by atoms with E-state index < -0.39 is 0 Å². The number of anilines is 1. The molecule has 28 heavy (non-hydrogen) atoms. The first-order valence-corrected chi connectivity index (χ1v) is 9.18. The van der Waals surface area contributed by atoms with Crippen LogP contribution in [0.5, 0.6) is 0 Å². The minimum Gasteiger partial charge on any atom is -0.347 e.